The zero-order valence-electron chi connectivity index (χ0n) is 6.42. The summed E-state index contributed by atoms with van der Waals surface area (Å²) in [6, 6.07) is 4.68. The molecule has 68 valence electrons. The second kappa shape index (κ2) is 2.96. The van der Waals surface area contributed by atoms with Crippen molar-refractivity contribution in [2.45, 2.75) is 6.55 Å². The summed E-state index contributed by atoms with van der Waals surface area (Å²) in [5, 5.41) is 4.68. The molecule has 1 heterocycles. The number of hydrogen-bond donors (Lipinski definition) is 0. The fraction of sp³-hybridized carbons (Fsp3) is 0.125. The van der Waals surface area contributed by atoms with Crippen molar-refractivity contribution in [1.29, 1.82) is 0 Å². The van der Waals surface area contributed by atoms with Gasteiger partial charge in [0.05, 0.1) is 11.7 Å². The van der Waals surface area contributed by atoms with Crippen molar-refractivity contribution in [2.75, 3.05) is 0 Å². The fourth-order valence-electron chi connectivity index (χ4n) is 1.18. The zero-order chi connectivity index (χ0) is 9.42. The molecule has 0 N–H and O–H groups in total. The Morgan fingerprint density at radius 1 is 1.38 bits per heavy atom. The Bertz CT molecular complexity index is 439. The number of aromatic nitrogens is 2. The van der Waals surface area contributed by atoms with Crippen LogP contribution in [0.15, 0.2) is 24.4 Å². The third-order valence-electron chi connectivity index (χ3n) is 1.74. The first kappa shape index (κ1) is 8.44. The van der Waals surface area contributed by atoms with Gasteiger partial charge < -0.3 is 0 Å². The van der Waals surface area contributed by atoms with E-state index in [4.69, 9.17) is 11.6 Å². The van der Waals surface area contributed by atoms with E-state index in [9.17, 15) is 8.78 Å². The molecule has 0 saturated carbocycles. The maximum Gasteiger partial charge on any atom is 0.333 e. The molecule has 5 heteroatoms. The van der Waals surface area contributed by atoms with Gasteiger partial charge in [-0.2, -0.15) is 13.9 Å². The highest BCUT2D eigenvalue weighted by Crippen LogP contribution is 2.22. The van der Waals surface area contributed by atoms with Crippen LogP contribution in [0.3, 0.4) is 0 Å². The lowest BCUT2D eigenvalue weighted by Crippen LogP contribution is -1.98. The summed E-state index contributed by atoms with van der Waals surface area (Å²) in [5.74, 6) is 0. The minimum Gasteiger partial charge on any atom is -0.204 e. The smallest absolute Gasteiger partial charge is 0.204 e. The van der Waals surface area contributed by atoms with E-state index >= 15 is 0 Å². The summed E-state index contributed by atoms with van der Waals surface area (Å²) < 4.78 is 25.3. The van der Waals surface area contributed by atoms with E-state index in [1.54, 1.807) is 12.1 Å². The van der Waals surface area contributed by atoms with Crippen LogP contribution in [-0.2, 0) is 0 Å². The second-order valence-corrected chi connectivity index (χ2v) is 3.01. The SMILES string of the molecule is FC(F)n1ncc2cc(Cl)ccc21. The summed E-state index contributed by atoms with van der Waals surface area (Å²) in [7, 11) is 0. The van der Waals surface area contributed by atoms with Gasteiger partial charge in [-0.15, -0.1) is 0 Å². The van der Waals surface area contributed by atoms with Crippen LogP contribution in [0.2, 0.25) is 5.02 Å². The van der Waals surface area contributed by atoms with Gasteiger partial charge in [0.15, 0.2) is 0 Å². The van der Waals surface area contributed by atoms with Gasteiger partial charge in [0, 0.05) is 10.4 Å². The molecule has 1 aromatic heterocycles. The molecule has 0 aliphatic heterocycles. The van der Waals surface area contributed by atoms with Gasteiger partial charge in [-0.25, -0.2) is 4.68 Å². The Hall–Kier alpha value is -1.16. The van der Waals surface area contributed by atoms with Gasteiger partial charge in [-0.1, -0.05) is 11.6 Å². The Labute approximate surface area is 77.7 Å². The van der Waals surface area contributed by atoms with Crippen molar-refractivity contribution in [3.63, 3.8) is 0 Å². The molecule has 0 saturated heterocycles. The van der Waals surface area contributed by atoms with E-state index < -0.39 is 6.55 Å². The number of alkyl halides is 2. The molecular formula is C8H5ClF2N2. The van der Waals surface area contributed by atoms with Crippen molar-refractivity contribution in [1.82, 2.24) is 9.78 Å². The number of halogens is 3. The molecule has 0 unspecified atom stereocenters. The average Bonchev–Trinajstić information content (AvgIpc) is 2.46. The molecule has 0 bridgehead atoms. The molecule has 0 aliphatic rings. The first-order chi connectivity index (χ1) is 6.18. The number of benzene rings is 1. The Morgan fingerprint density at radius 3 is 2.85 bits per heavy atom. The molecule has 1 aromatic carbocycles. The average molecular weight is 203 g/mol. The lowest BCUT2D eigenvalue weighted by atomic mass is 10.2. The summed E-state index contributed by atoms with van der Waals surface area (Å²) in [6.07, 6.45) is 1.37. The summed E-state index contributed by atoms with van der Waals surface area (Å²) in [5.41, 5.74) is 0.388. The minimum absolute atomic E-state index is 0.388. The van der Waals surface area contributed by atoms with Gasteiger partial charge in [0.2, 0.25) is 0 Å². The molecule has 0 aliphatic carbocycles. The van der Waals surface area contributed by atoms with Gasteiger partial charge in [0.25, 0.3) is 0 Å². The molecule has 0 radical (unpaired) electrons. The van der Waals surface area contributed by atoms with Crippen molar-refractivity contribution < 1.29 is 8.78 Å². The van der Waals surface area contributed by atoms with Crippen LogP contribution in [0.5, 0.6) is 0 Å². The maximum absolute atomic E-state index is 12.3. The van der Waals surface area contributed by atoms with Crippen molar-refractivity contribution in [3.05, 3.63) is 29.4 Å². The topological polar surface area (TPSA) is 17.8 Å². The lowest BCUT2D eigenvalue weighted by Gasteiger charge is -1.99. The van der Waals surface area contributed by atoms with E-state index in [0.717, 1.165) is 0 Å². The van der Waals surface area contributed by atoms with Crippen molar-refractivity contribution in [2.24, 2.45) is 0 Å². The molecule has 0 fully saturated rings. The highest BCUT2D eigenvalue weighted by atomic mass is 35.5. The molecule has 13 heavy (non-hydrogen) atoms. The Kier molecular flexibility index (Phi) is 1.92. The second-order valence-electron chi connectivity index (χ2n) is 2.57. The summed E-state index contributed by atoms with van der Waals surface area (Å²) >= 11 is 5.68. The van der Waals surface area contributed by atoms with E-state index in [-0.39, 0.29) is 0 Å². The highest BCUT2D eigenvalue weighted by molar-refractivity contribution is 6.31. The van der Waals surface area contributed by atoms with Gasteiger partial charge in [0.1, 0.15) is 0 Å². The lowest BCUT2D eigenvalue weighted by molar-refractivity contribution is 0.0615. The van der Waals surface area contributed by atoms with Gasteiger partial charge >= 0.3 is 6.55 Å². The van der Waals surface area contributed by atoms with E-state index in [0.29, 0.717) is 20.6 Å². The van der Waals surface area contributed by atoms with Crippen molar-refractivity contribution in [3.8, 4) is 0 Å². The van der Waals surface area contributed by atoms with Crippen LogP contribution < -0.4 is 0 Å². The number of rotatable bonds is 1. The quantitative estimate of drug-likeness (QED) is 0.695. The van der Waals surface area contributed by atoms with Gasteiger partial charge in [-0.05, 0) is 18.2 Å². The maximum atomic E-state index is 12.3. The number of hydrogen-bond acceptors (Lipinski definition) is 1. The number of nitrogens with zero attached hydrogens (tertiary/aromatic N) is 2. The Morgan fingerprint density at radius 2 is 2.15 bits per heavy atom. The Balaban J connectivity index is 2.69. The predicted octanol–water partition coefficient (Wildman–Crippen LogP) is 3.08. The van der Waals surface area contributed by atoms with Crippen LogP contribution in [0, 0.1) is 0 Å². The molecule has 2 aromatic rings. The van der Waals surface area contributed by atoms with Gasteiger partial charge in [-0.3, -0.25) is 0 Å². The van der Waals surface area contributed by atoms with Crippen LogP contribution in [0.4, 0.5) is 8.78 Å². The largest absolute Gasteiger partial charge is 0.333 e. The normalized spacial score (nSPS) is 11.4. The van der Waals surface area contributed by atoms with E-state index in [2.05, 4.69) is 5.10 Å². The summed E-state index contributed by atoms with van der Waals surface area (Å²) in [4.78, 5) is 0. The van der Waals surface area contributed by atoms with Crippen LogP contribution in [0.1, 0.15) is 6.55 Å². The third-order valence-corrected chi connectivity index (χ3v) is 1.98. The van der Waals surface area contributed by atoms with E-state index in [1.165, 1.54) is 12.3 Å². The molecule has 0 spiro atoms. The fourth-order valence-corrected chi connectivity index (χ4v) is 1.36. The molecule has 0 amide bonds. The van der Waals surface area contributed by atoms with Crippen LogP contribution in [0.25, 0.3) is 10.9 Å². The molecule has 2 rings (SSSR count). The molecular weight excluding hydrogens is 198 g/mol. The zero-order valence-corrected chi connectivity index (χ0v) is 7.17. The van der Waals surface area contributed by atoms with Crippen LogP contribution >= 0.6 is 11.6 Å². The van der Waals surface area contributed by atoms with Crippen LogP contribution in [-0.4, -0.2) is 9.78 Å². The highest BCUT2D eigenvalue weighted by Gasteiger charge is 2.10. The predicted molar refractivity (Wildman–Crippen MR) is 46.0 cm³/mol. The van der Waals surface area contributed by atoms with Crippen molar-refractivity contribution >= 4 is 22.5 Å². The molecule has 2 nitrogen and oxygen atoms in total. The molecule has 0 atom stereocenters. The third kappa shape index (κ3) is 1.37. The number of fused-ring (bicyclic) bond motifs is 1. The monoisotopic (exact) mass is 202 g/mol. The standard InChI is InChI=1S/C8H5ClF2N2/c9-6-1-2-7-5(3-6)4-12-13(7)8(10)11/h1-4,8H. The minimum atomic E-state index is -2.61. The first-order valence-electron chi connectivity index (χ1n) is 3.59. The first-order valence-corrected chi connectivity index (χ1v) is 3.97. The summed E-state index contributed by atoms with van der Waals surface area (Å²) in [6.45, 7) is -2.61. The van der Waals surface area contributed by atoms with E-state index in [1.807, 2.05) is 0 Å².